The SMILES string of the molecule is CCCCN(C)CC(=O)Nc1sc2c(c1C(=O)OCC)CCCC2. The average Bonchev–Trinajstić information content (AvgIpc) is 2.90. The number of carbonyl (C=O) groups excluding carboxylic acids is 2. The van der Waals surface area contributed by atoms with E-state index in [1.807, 2.05) is 11.9 Å². The molecular weight excluding hydrogens is 324 g/mol. The molecule has 0 aliphatic heterocycles. The predicted octanol–water partition coefficient (Wildman–Crippen LogP) is 3.47. The van der Waals surface area contributed by atoms with Crippen molar-refractivity contribution in [2.24, 2.45) is 0 Å². The Morgan fingerprint density at radius 1 is 1.25 bits per heavy atom. The van der Waals surface area contributed by atoms with Gasteiger partial charge in [0.1, 0.15) is 5.00 Å². The first-order valence-corrected chi connectivity index (χ1v) is 9.68. The van der Waals surface area contributed by atoms with E-state index in [-0.39, 0.29) is 11.9 Å². The van der Waals surface area contributed by atoms with Gasteiger partial charge in [-0.1, -0.05) is 13.3 Å². The van der Waals surface area contributed by atoms with Gasteiger partial charge in [0, 0.05) is 4.88 Å². The minimum atomic E-state index is -0.313. The van der Waals surface area contributed by atoms with E-state index in [4.69, 9.17) is 4.74 Å². The number of likely N-dealkylation sites (N-methyl/N-ethyl adjacent to an activating group) is 1. The van der Waals surface area contributed by atoms with Gasteiger partial charge in [-0.05, 0) is 58.2 Å². The topological polar surface area (TPSA) is 58.6 Å². The average molecular weight is 353 g/mol. The summed E-state index contributed by atoms with van der Waals surface area (Å²) in [5.74, 6) is -0.385. The molecule has 6 heteroatoms. The van der Waals surface area contributed by atoms with E-state index < -0.39 is 0 Å². The summed E-state index contributed by atoms with van der Waals surface area (Å²) in [6.07, 6.45) is 6.29. The fourth-order valence-electron chi connectivity index (χ4n) is 2.99. The summed E-state index contributed by atoms with van der Waals surface area (Å²) in [4.78, 5) is 27.9. The molecule has 0 spiro atoms. The van der Waals surface area contributed by atoms with Crippen LogP contribution < -0.4 is 5.32 Å². The Morgan fingerprint density at radius 2 is 2.00 bits per heavy atom. The van der Waals surface area contributed by atoms with E-state index in [0.717, 1.165) is 50.6 Å². The normalized spacial score (nSPS) is 13.7. The second-order valence-electron chi connectivity index (χ2n) is 6.28. The molecule has 0 saturated heterocycles. The molecule has 5 nitrogen and oxygen atoms in total. The quantitative estimate of drug-likeness (QED) is 0.728. The smallest absolute Gasteiger partial charge is 0.341 e. The lowest BCUT2D eigenvalue weighted by molar-refractivity contribution is -0.117. The van der Waals surface area contributed by atoms with Gasteiger partial charge < -0.3 is 10.1 Å². The fraction of sp³-hybridized carbons (Fsp3) is 0.667. The highest BCUT2D eigenvalue weighted by molar-refractivity contribution is 7.17. The fourth-order valence-corrected chi connectivity index (χ4v) is 4.29. The molecular formula is C18H28N2O3S. The summed E-state index contributed by atoms with van der Waals surface area (Å²) < 4.78 is 5.21. The van der Waals surface area contributed by atoms with E-state index in [0.29, 0.717) is 23.7 Å². The molecule has 1 aliphatic carbocycles. The van der Waals surface area contributed by atoms with Gasteiger partial charge in [-0.2, -0.15) is 0 Å². The minimum Gasteiger partial charge on any atom is -0.462 e. The second-order valence-corrected chi connectivity index (χ2v) is 7.38. The number of fused-ring (bicyclic) bond motifs is 1. The van der Waals surface area contributed by atoms with Crippen LogP contribution in [0.25, 0.3) is 0 Å². The van der Waals surface area contributed by atoms with Crippen LogP contribution in [0.15, 0.2) is 0 Å². The molecule has 1 aliphatic rings. The van der Waals surface area contributed by atoms with Crippen molar-refractivity contribution in [3.63, 3.8) is 0 Å². The summed E-state index contributed by atoms with van der Waals surface area (Å²) in [7, 11) is 1.95. The van der Waals surface area contributed by atoms with Gasteiger partial charge >= 0.3 is 5.97 Å². The Morgan fingerprint density at radius 3 is 2.71 bits per heavy atom. The Kier molecular flexibility index (Phi) is 7.24. The van der Waals surface area contributed by atoms with E-state index in [2.05, 4.69) is 12.2 Å². The van der Waals surface area contributed by atoms with Crippen molar-refractivity contribution in [1.29, 1.82) is 0 Å². The maximum atomic E-state index is 12.4. The Bertz CT molecular complexity index is 583. The Balaban J connectivity index is 2.12. The number of anilines is 1. The van der Waals surface area contributed by atoms with Crippen LogP contribution in [0.4, 0.5) is 5.00 Å². The molecule has 0 radical (unpaired) electrons. The summed E-state index contributed by atoms with van der Waals surface area (Å²) in [6.45, 7) is 5.52. The van der Waals surface area contributed by atoms with Crippen LogP contribution >= 0.6 is 11.3 Å². The van der Waals surface area contributed by atoms with Crippen molar-refractivity contribution in [3.05, 3.63) is 16.0 Å². The maximum Gasteiger partial charge on any atom is 0.341 e. The Hall–Kier alpha value is -1.40. The van der Waals surface area contributed by atoms with Gasteiger partial charge in [-0.3, -0.25) is 9.69 Å². The lowest BCUT2D eigenvalue weighted by Gasteiger charge is -2.15. The van der Waals surface area contributed by atoms with Gasteiger partial charge in [0.25, 0.3) is 0 Å². The van der Waals surface area contributed by atoms with Crippen molar-refractivity contribution in [3.8, 4) is 0 Å². The molecule has 2 rings (SSSR count). The van der Waals surface area contributed by atoms with Crippen LogP contribution in [-0.4, -0.2) is 43.5 Å². The van der Waals surface area contributed by atoms with Gasteiger partial charge in [-0.25, -0.2) is 4.79 Å². The first-order valence-electron chi connectivity index (χ1n) is 8.86. The Labute approximate surface area is 148 Å². The van der Waals surface area contributed by atoms with E-state index in [1.54, 1.807) is 6.92 Å². The first-order chi connectivity index (χ1) is 11.6. The number of nitrogens with zero attached hydrogens (tertiary/aromatic N) is 1. The van der Waals surface area contributed by atoms with Crippen LogP contribution in [0.1, 0.15) is 60.3 Å². The molecule has 24 heavy (non-hydrogen) atoms. The van der Waals surface area contributed by atoms with Crippen molar-refractivity contribution >= 4 is 28.2 Å². The highest BCUT2D eigenvalue weighted by Crippen LogP contribution is 2.38. The monoisotopic (exact) mass is 352 g/mol. The number of unbranched alkanes of at least 4 members (excludes halogenated alkanes) is 1. The first kappa shape index (κ1) is 18.9. The number of aryl methyl sites for hydroxylation is 1. The lowest BCUT2D eigenvalue weighted by atomic mass is 9.95. The third-order valence-electron chi connectivity index (χ3n) is 4.21. The molecule has 1 amide bonds. The highest BCUT2D eigenvalue weighted by atomic mass is 32.1. The van der Waals surface area contributed by atoms with Crippen molar-refractivity contribution in [2.45, 2.75) is 52.4 Å². The van der Waals surface area contributed by atoms with Gasteiger partial charge in [0.05, 0.1) is 18.7 Å². The number of ether oxygens (including phenoxy) is 1. The van der Waals surface area contributed by atoms with Crippen molar-refractivity contribution in [1.82, 2.24) is 4.90 Å². The zero-order valence-electron chi connectivity index (χ0n) is 14.9. The van der Waals surface area contributed by atoms with Gasteiger partial charge in [0.2, 0.25) is 5.91 Å². The summed E-state index contributed by atoms with van der Waals surface area (Å²) in [5.41, 5.74) is 1.67. The molecule has 1 aromatic heterocycles. The maximum absolute atomic E-state index is 12.4. The van der Waals surface area contributed by atoms with Gasteiger partial charge in [0.15, 0.2) is 0 Å². The van der Waals surface area contributed by atoms with Crippen LogP contribution in [0, 0.1) is 0 Å². The molecule has 0 aromatic carbocycles. The molecule has 1 aromatic rings. The lowest BCUT2D eigenvalue weighted by Crippen LogP contribution is -2.31. The van der Waals surface area contributed by atoms with Gasteiger partial charge in [-0.15, -0.1) is 11.3 Å². The molecule has 1 heterocycles. The van der Waals surface area contributed by atoms with E-state index in [9.17, 15) is 9.59 Å². The minimum absolute atomic E-state index is 0.0715. The zero-order chi connectivity index (χ0) is 17.5. The highest BCUT2D eigenvalue weighted by Gasteiger charge is 2.27. The van der Waals surface area contributed by atoms with Crippen LogP contribution in [0.2, 0.25) is 0 Å². The number of hydrogen-bond acceptors (Lipinski definition) is 5. The summed E-state index contributed by atoms with van der Waals surface area (Å²) in [5, 5.41) is 3.61. The number of nitrogens with one attached hydrogen (secondary N) is 1. The molecule has 0 unspecified atom stereocenters. The summed E-state index contributed by atoms with van der Waals surface area (Å²) >= 11 is 1.54. The number of carbonyl (C=O) groups is 2. The largest absolute Gasteiger partial charge is 0.462 e. The number of thiophene rings is 1. The molecule has 0 atom stereocenters. The number of amides is 1. The molecule has 134 valence electrons. The molecule has 1 N–H and O–H groups in total. The van der Waals surface area contributed by atoms with E-state index in [1.165, 1.54) is 16.2 Å². The van der Waals surface area contributed by atoms with Crippen LogP contribution in [0.5, 0.6) is 0 Å². The van der Waals surface area contributed by atoms with Crippen LogP contribution in [0.3, 0.4) is 0 Å². The molecule has 0 saturated carbocycles. The predicted molar refractivity (Wildman–Crippen MR) is 98.0 cm³/mol. The summed E-state index contributed by atoms with van der Waals surface area (Å²) in [6, 6.07) is 0. The molecule has 0 fully saturated rings. The number of esters is 1. The van der Waals surface area contributed by atoms with E-state index >= 15 is 0 Å². The standard InChI is InChI=1S/C18H28N2O3S/c1-4-6-11-20(3)12-15(21)19-17-16(18(22)23-5-2)13-9-7-8-10-14(13)24-17/h4-12H2,1-3H3,(H,19,21). The second kappa shape index (κ2) is 9.18. The van der Waals surface area contributed by atoms with Crippen LogP contribution in [-0.2, 0) is 22.4 Å². The number of hydrogen-bond donors (Lipinski definition) is 1. The molecule has 0 bridgehead atoms. The third-order valence-corrected chi connectivity index (χ3v) is 5.42. The number of rotatable bonds is 8. The third kappa shape index (κ3) is 4.80. The van der Waals surface area contributed by atoms with Crippen molar-refractivity contribution < 1.29 is 14.3 Å². The zero-order valence-corrected chi connectivity index (χ0v) is 15.8. The van der Waals surface area contributed by atoms with Crippen molar-refractivity contribution in [2.75, 3.05) is 32.1 Å².